The normalized spacial score (nSPS) is 11.3. The molecule has 2 aromatic carbocycles. The highest BCUT2D eigenvalue weighted by atomic mass is 16.2. The minimum absolute atomic E-state index is 0.0632. The Kier molecular flexibility index (Phi) is 4.55. The van der Waals surface area contributed by atoms with E-state index in [4.69, 9.17) is 5.73 Å². The lowest BCUT2D eigenvalue weighted by Gasteiger charge is -2.22. The van der Waals surface area contributed by atoms with Gasteiger partial charge in [0.2, 0.25) is 5.91 Å². The summed E-state index contributed by atoms with van der Waals surface area (Å²) >= 11 is 0. The molecule has 3 nitrogen and oxygen atoms in total. The van der Waals surface area contributed by atoms with Crippen molar-refractivity contribution in [1.29, 1.82) is 0 Å². The zero-order chi connectivity index (χ0) is 16.3. The first-order chi connectivity index (χ1) is 10.3. The van der Waals surface area contributed by atoms with Crippen LogP contribution < -0.4 is 10.6 Å². The van der Waals surface area contributed by atoms with Gasteiger partial charge in [-0.1, -0.05) is 45.0 Å². The molecule has 2 rings (SSSR count). The maximum Gasteiger partial charge on any atom is 0.231 e. The Bertz CT molecular complexity index is 637. The molecule has 0 aromatic heterocycles. The van der Waals surface area contributed by atoms with Gasteiger partial charge < -0.3 is 10.6 Å². The van der Waals surface area contributed by atoms with Gasteiger partial charge in [-0.15, -0.1) is 0 Å². The Morgan fingerprint density at radius 2 is 1.55 bits per heavy atom. The second kappa shape index (κ2) is 6.22. The molecule has 0 saturated carbocycles. The maximum atomic E-state index is 12.4. The molecule has 0 bridgehead atoms. The fourth-order valence-electron chi connectivity index (χ4n) is 2.26. The fraction of sp³-hybridized carbons (Fsp3) is 0.316. The van der Waals surface area contributed by atoms with E-state index in [1.807, 2.05) is 43.4 Å². The smallest absolute Gasteiger partial charge is 0.231 e. The number of carbonyl (C=O) groups is 1. The number of amides is 1. The van der Waals surface area contributed by atoms with Crippen LogP contribution in [-0.4, -0.2) is 13.0 Å². The van der Waals surface area contributed by atoms with Gasteiger partial charge >= 0.3 is 0 Å². The summed E-state index contributed by atoms with van der Waals surface area (Å²) in [6.07, 6.45) is 0.373. The summed E-state index contributed by atoms with van der Waals surface area (Å²) in [6, 6.07) is 15.6. The van der Waals surface area contributed by atoms with Gasteiger partial charge in [-0.3, -0.25) is 4.79 Å². The predicted octanol–water partition coefficient (Wildman–Crippen LogP) is 3.77. The molecule has 2 aromatic rings. The van der Waals surface area contributed by atoms with Crippen LogP contribution in [0.25, 0.3) is 0 Å². The van der Waals surface area contributed by atoms with E-state index in [1.165, 1.54) is 5.56 Å². The Morgan fingerprint density at radius 3 is 2.05 bits per heavy atom. The Balaban J connectivity index is 2.08. The van der Waals surface area contributed by atoms with Crippen molar-refractivity contribution in [2.24, 2.45) is 0 Å². The molecule has 22 heavy (non-hydrogen) atoms. The molecule has 3 heteroatoms. The molecule has 1 amide bonds. The number of nitrogens with zero attached hydrogens (tertiary/aromatic N) is 1. The minimum atomic E-state index is 0.0632. The lowest BCUT2D eigenvalue weighted by molar-refractivity contribution is -0.117. The molecule has 0 fully saturated rings. The number of hydrogen-bond acceptors (Lipinski definition) is 2. The van der Waals surface area contributed by atoms with E-state index in [2.05, 4.69) is 32.9 Å². The molecule has 0 saturated heterocycles. The van der Waals surface area contributed by atoms with Crippen molar-refractivity contribution in [2.75, 3.05) is 17.7 Å². The van der Waals surface area contributed by atoms with Gasteiger partial charge in [0.1, 0.15) is 0 Å². The number of rotatable bonds is 3. The van der Waals surface area contributed by atoms with Gasteiger partial charge in [0.05, 0.1) is 6.42 Å². The number of anilines is 2. The molecular formula is C19H24N2O. The first-order valence-electron chi connectivity index (χ1n) is 7.49. The molecule has 0 unspecified atom stereocenters. The van der Waals surface area contributed by atoms with Gasteiger partial charge in [-0.05, 0) is 40.8 Å². The molecule has 116 valence electrons. The molecule has 0 aliphatic rings. The van der Waals surface area contributed by atoms with Gasteiger partial charge in [-0.2, -0.15) is 0 Å². The molecule has 0 heterocycles. The van der Waals surface area contributed by atoms with E-state index in [9.17, 15) is 4.79 Å². The summed E-state index contributed by atoms with van der Waals surface area (Å²) in [5.41, 5.74) is 9.63. The van der Waals surface area contributed by atoms with E-state index < -0.39 is 0 Å². The lowest BCUT2D eigenvalue weighted by Crippen LogP contribution is -2.27. The van der Waals surface area contributed by atoms with Crippen LogP contribution in [-0.2, 0) is 16.6 Å². The topological polar surface area (TPSA) is 46.3 Å². The Hall–Kier alpha value is -2.29. The third kappa shape index (κ3) is 3.88. The number of nitrogen functional groups attached to an aromatic ring is 1. The van der Waals surface area contributed by atoms with Crippen LogP contribution in [0.3, 0.4) is 0 Å². The summed E-state index contributed by atoms with van der Waals surface area (Å²) in [5, 5.41) is 0. The van der Waals surface area contributed by atoms with Crippen molar-refractivity contribution in [3.05, 3.63) is 59.7 Å². The second-order valence-corrected chi connectivity index (χ2v) is 6.67. The number of hydrogen-bond donors (Lipinski definition) is 1. The molecular weight excluding hydrogens is 272 g/mol. The quantitative estimate of drug-likeness (QED) is 0.876. The zero-order valence-corrected chi connectivity index (χ0v) is 13.8. The van der Waals surface area contributed by atoms with Crippen LogP contribution in [0.2, 0.25) is 0 Å². The zero-order valence-electron chi connectivity index (χ0n) is 13.8. The fourth-order valence-corrected chi connectivity index (χ4v) is 2.26. The van der Waals surface area contributed by atoms with Gasteiger partial charge in [0, 0.05) is 18.4 Å². The maximum absolute atomic E-state index is 12.4. The first-order valence-corrected chi connectivity index (χ1v) is 7.49. The number of nitrogens with two attached hydrogens (primary N) is 1. The second-order valence-electron chi connectivity index (χ2n) is 6.67. The van der Waals surface area contributed by atoms with Crippen LogP contribution in [0.15, 0.2) is 48.5 Å². The average Bonchev–Trinajstić information content (AvgIpc) is 2.48. The first kappa shape index (κ1) is 16.1. The predicted molar refractivity (Wildman–Crippen MR) is 93.1 cm³/mol. The summed E-state index contributed by atoms with van der Waals surface area (Å²) in [5.74, 6) is 0.0632. The van der Waals surface area contributed by atoms with Gasteiger partial charge in [0.15, 0.2) is 0 Å². The summed E-state index contributed by atoms with van der Waals surface area (Å²) in [4.78, 5) is 14.1. The van der Waals surface area contributed by atoms with Crippen LogP contribution in [0.1, 0.15) is 31.9 Å². The summed E-state index contributed by atoms with van der Waals surface area (Å²) in [6.45, 7) is 6.54. The van der Waals surface area contributed by atoms with E-state index >= 15 is 0 Å². The van der Waals surface area contributed by atoms with Crippen molar-refractivity contribution >= 4 is 17.3 Å². The highest BCUT2D eigenvalue weighted by Gasteiger charge is 2.15. The van der Waals surface area contributed by atoms with Gasteiger partial charge in [-0.25, -0.2) is 0 Å². The van der Waals surface area contributed by atoms with Crippen LogP contribution in [0.4, 0.5) is 11.4 Å². The van der Waals surface area contributed by atoms with Crippen LogP contribution in [0.5, 0.6) is 0 Å². The summed E-state index contributed by atoms with van der Waals surface area (Å²) < 4.78 is 0. The van der Waals surface area contributed by atoms with Crippen molar-refractivity contribution in [1.82, 2.24) is 0 Å². The highest BCUT2D eigenvalue weighted by molar-refractivity contribution is 5.94. The average molecular weight is 296 g/mol. The third-order valence-corrected chi connectivity index (χ3v) is 3.83. The molecule has 2 N–H and O–H groups in total. The standard InChI is InChI=1S/C19H24N2O/c1-19(2,3)15-7-11-17(12-8-15)21(4)18(22)13-14-5-9-16(20)10-6-14/h5-12H,13,20H2,1-4H3. The van der Waals surface area contributed by atoms with Crippen molar-refractivity contribution in [3.8, 4) is 0 Å². The number of benzene rings is 2. The third-order valence-electron chi connectivity index (χ3n) is 3.83. The molecule has 0 aliphatic heterocycles. The van der Waals surface area contributed by atoms with E-state index in [0.717, 1.165) is 11.3 Å². The molecule has 0 aliphatic carbocycles. The summed E-state index contributed by atoms with van der Waals surface area (Å²) in [7, 11) is 1.81. The van der Waals surface area contributed by atoms with E-state index in [0.29, 0.717) is 12.1 Å². The van der Waals surface area contributed by atoms with Crippen LogP contribution >= 0.6 is 0 Å². The van der Waals surface area contributed by atoms with E-state index in [1.54, 1.807) is 4.90 Å². The highest BCUT2D eigenvalue weighted by Crippen LogP contribution is 2.24. The SMILES string of the molecule is CN(C(=O)Cc1ccc(N)cc1)c1ccc(C(C)(C)C)cc1. The number of likely N-dealkylation sites (N-methyl/N-ethyl adjacent to an activating group) is 1. The van der Waals surface area contributed by atoms with Crippen molar-refractivity contribution in [3.63, 3.8) is 0 Å². The molecule has 0 atom stereocenters. The molecule has 0 radical (unpaired) electrons. The van der Waals surface area contributed by atoms with Crippen molar-refractivity contribution < 1.29 is 4.79 Å². The Morgan fingerprint density at radius 1 is 1.00 bits per heavy atom. The Labute approximate surface area is 132 Å². The van der Waals surface area contributed by atoms with Gasteiger partial charge in [0.25, 0.3) is 0 Å². The van der Waals surface area contributed by atoms with Crippen LogP contribution in [0, 0.1) is 0 Å². The number of carbonyl (C=O) groups excluding carboxylic acids is 1. The monoisotopic (exact) mass is 296 g/mol. The molecule has 0 spiro atoms. The van der Waals surface area contributed by atoms with Crippen molar-refractivity contribution in [2.45, 2.75) is 32.6 Å². The largest absolute Gasteiger partial charge is 0.399 e. The minimum Gasteiger partial charge on any atom is -0.399 e. The van der Waals surface area contributed by atoms with E-state index in [-0.39, 0.29) is 11.3 Å². The lowest BCUT2D eigenvalue weighted by atomic mass is 9.87.